The third-order valence-electron chi connectivity index (χ3n) is 3.67. The van der Waals surface area contributed by atoms with Gasteiger partial charge in [0, 0.05) is 0 Å². The first-order chi connectivity index (χ1) is 11.7. The fourth-order valence-corrected chi connectivity index (χ4v) is 3.88. The Morgan fingerprint density at radius 3 is 2.24 bits per heavy atom. The second kappa shape index (κ2) is 7.70. The summed E-state index contributed by atoms with van der Waals surface area (Å²) >= 11 is 0. The van der Waals surface area contributed by atoms with Crippen molar-refractivity contribution < 1.29 is 17.9 Å². The lowest BCUT2D eigenvalue weighted by Crippen LogP contribution is -2.32. The summed E-state index contributed by atoms with van der Waals surface area (Å²) in [5, 5.41) is 0. The van der Waals surface area contributed by atoms with Crippen LogP contribution in [0.4, 0.5) is 0 Å². The Kier molecular flexibility index (Phi) is 5.85. The lowest BCUT2D eigenvalue weighted by atomic mass is 10.1. The fourth-order valence-electron chi connectivity index (χ4n) is 2.53. The zero-order valence-electron chi connectivity index (χ0n) is 14.9. The quantitative estimate of drug-likeness (QED) is 0.858. The van der Waals surface area contributed by atoms with Crippen LogP contribution in [0.3, 0.4) is 0 Å². The van der Waals surface area contributed by atoms with E-state index in [9.17, 15) is 13.2 Å². The third kappa shape index (κ3) is 5.32. The normalized spacial score (nSPS) is 11.2. The van der Waals surface area contributed by atoms with Gasteiger partial charge in [-0.1, -0.05) is 18.2 Å². The molecule has 1 N–H and O–H groups in total. The Labute approximate surface area is 149 Å². The van der Waals surface area contributed by atoms with Gasteiger partial charge in [0.15, 0.2) is 0 Å². The Morgan fingerprint density at radius 2 is 1.60 bits per heavy atom. The Morgan fingerprint density at radius 1 is 0.960 bits per heavy atom. The first-order valence-corrected chi connectivity index (χ1v) is 9.50. The molecule has 0 aliphatic rings. The minimum absolute atomic E-state index is 0.0446. The Balaban J connectivity index is 1.96. The van der Waals surface area contributed by atoms with Crippen molar-refractivity contribution in [1.82, 2.24) is 4.72 Å². The summed E-state index contributed by atoms with van der Waals surface area (Å²) in [6.07, 6.45) is -0.0446. The van der Waals surface area contributed by atoms with E-state index in [1.54, 1.807) is 26.0 Å². The van der Waals surface area contributed by atoms with Gasteiger partial charge in [-0.2, -0.15) is 0 Å². The van der Waals surface area contributed by atoms with Crippen LogP contribution in [-0.4, -0.2) is 20.9 Å². The SMILES string of the molecule is Cc1cc(C)cc(OCCC(=O)NS(=O)(=O)c2cc(C)ccc2C)c1. The molecule has 25 heavy (non-hydrogen) atoms. The van der Waals surface area contributed by atoms with Crippen molar-refractivity contribution in [3.05, 3.63) is 58.7 Å². The maximum atomic E-state index is 12.4. The van der Waals surface area contributed by atoms with Gasteiger partial charge in [-0.05, 0) is 68.1 Å². The van der Waals surface area contributed by atoms with Crippen LogP contribution in [-0.2, 0) is 14.8 Å². The molecule has 0 radical (unpaired) electrons. The van der Waals surface area contributed by atoms with Gasteiger partial charge in [0.05, 0.1) is 17.9 Å². The number of carbonyl (C=O) groups is 1. The molecule has 0 aliphatic carbocycles. The maximum absolute atomic E-state index is 12.4. The summed E-state index contributed by atoms with van der Waals surface area (Å²) in [5.74, 6) is 0.0768. The fraction of sp³-hybridized carbons (Fsp3) is 0.316. The highest BCUT2D eigenvalue weighted by molar-refractivity contribution is 7.90. The van der Waals surface area contributed by atoms with E-state index in [1.165, 1.54) is 0 Å². The average Bonchev–Trinajstić information content (AvgIpc) is 2.48. The molecule has 2 aromatic rings. The van der Waals surface area contributed by atoms with Gasteiger partial charge in [0.2, 0.25) is 5.91 Å². The average molecular weight is 361 g/mol. The summed E-state index contributed by atoms with van der Waals surface area (Å²) in [6, 6.07) is 10.9. The monoisotopic (exact) mass is 361 g/mol. The van der Waals surface area contributed by atoms with Crippen molar-refractivity contribution in [2.75, 3.05) is 6.61 Å². The molecular formula is C19H23NO4S. The molecule has 0 fully saturated rings. The molecule has 1 amide bonds. The predicted octanol–water partition coefficient (Wildman–Crippen LogP) is 3.19. The topological polar surface area (TPSA) is 72.5 Å². The Bertz CT molecular complexity index is 868. The van der Waals surface area contributed by atoms with Crippen molar-refractivity contribution in [2.24, 2.45) is 0 Å². The molecule has 0 heterocycles. The summed E-state index contributed by atoms with van der Waals surface area (Å²) in [6.45, 7) is 7.53. The number of sulfonamides is 1. The van der Waals surface area contributed by atoms with Crippen molar-refractivity contribution >= 4 is 15.9 Å². The number of rotatable bonds is 6. The van der Waals surface area contributed by atoms with Crippen LogP contribution in [0.15, 0.2) is 41.3 Å². The highest BCUT2D eigenvalue weighted by Crippen LogP contribution is 2.18. The van der Waals surface area contributed by atoms with E-state index in [0.717, 1.165) is 16.7 Å². The second-order valence-electron chi connectivity index (χ2n) is 6.22. The van der Waals surface area contributed by atoms with Gasteiger partial charge >= 0.3 is 0 Å². The van der Waals surface area contributed by atoms with Crippen LogP contribution >= 0.6 is 0 Å². The van der Waals surface area contributed by atoms with E-state index in [4.69, 9.17) is 4.74 Å². The summed E-state index contributed by atoms with van der Waals surface area (Å²) in [7, 11) is -3.88. The number of ether oxygens (including phenoxy) is 1. The molecule has 0 aliphatic heterocycles. The van der Waals surface area contributed by atoms with Crippen molar-refractivity contribution in [1.29, 1.82) is 0 Å². The molecule has 0 bridgehead atoms. The van der Waals surface area contributed by atoms with Crippen molar-refractivity contribution in [2.45, 2.75) is 39.0 Å². The first kappa shape index (κ1) is 19.0. The van der Waals surface area contributed by atoms with Crippen LogP contribution in [0.1, 0.15) is 28.7 Å². The number of nitrogens with one attached hydrogen (secondary N) is 1. The molecule has 0 atom stereocenters. The number of carbonyl (C=O) groups excluding carboxylic acids is 1. The molecule has 0 unspecified atom stereocenters. The van der Waals surface area contributed by atoms with E-state index in [2.05, 4.69) is 4.72 Å². The minimum Gasteiger partial charge on any atom is -0.493 e. The standard InChI is InChI=1S/C19H23NO4S/c1-13-5-6-16(4)18(12-13)25(22,23)20-19(21)7-8-24-17-10-14(2)9-15(3)11-17/h5-6,9-12H,7-8H2,1-4H3,(H,20,21). The highest BCUT2D eigenvalue weighted by Gasteiger charge is 2.19. The maximum Gasteiger partial charge on any atom is 0.264 e. The third-order valence-corrected chi connectivity index (χ3v) is 5.19. The van der Waals surface area contributed by atoms with E-state index >= 15 is 0 Å². The van der Waals surface area contributed by atoms with E-state index < -0.39 is 15.9 Å². The lowest BCUT2D eigenvalue weighted by molar-refractivity contribution is -0.119. The second-order valence-corrected chi connectivity index (χ2v) is 7.87. The van der Waals surface area contributed by atoms with E-state index in [-0.39, 0.29) is 17.9 Å². The zero-order chi connectivity index (χ0) is 18.6. The molecule has 5 nitrogen and oxygen atoms in total. The molecule has 0 saturated carbocycles. The molecule has 2 rings (SSSR count). The van der Waals surface area contributed by atoms with Gasteiger partial charge in [-0.25, -0.2) is 13.1 Å². The molecule has 6 heteroatoms. The van der Waals surface area contributed by atoms with Crippen LogP contribution in [0.2, 0.25) is 0 Å². The van der Waals surface area contributed by atoms with E-state index in [1.807, 2.05) is 38.1 Å². The van der Waals surface area contributed by atoms with Crippen LogP contribution in [0.5, 0.6) is 5.75 Å². The zero-order valence-corrected chi connectivity index (χ0v) is 15.7. The molecule has 0 spiro atoms. The number of hydrogen-bond acceptors (Lipinski definition) is 4. The van der Waals surface area contributed by atoms with Crippen molar-refractivity contribution in [3.8, 4) is 5.75 Å². The smallest absolute Gasteiger partial charge is 0.264 e. The van der Waals surface area contributed by atoms with Crippen molar-refractivity contribution in [3.63, 3.8) is 0 Å². The number of benzene rings is 2. The first-order valence-electron chi connectivity index (χ1n) is 8.01. The molecule has 134 valence electrons. The van der Waals surface area contributed by atoms with E-state index in [0.29, 0.717) is 11.3 Å². The lowest BCUT2D eigenvalue weighted by Gasteiger charge is -2.11. The van der Waals surface area contributed by atoms with Crippen LogP contribution in [0, 0.1) is 27.7 Å². The number of hydrogen-bond donors (Lipinski definition) is 1. The number of amides is 1. The van der Waals surface area contributed by atoms with Crippen LogP contribution < -0.4 is 9.46 Å². The molecular weight excluding hydrogens is 338 g/mol. The minimum atomic E-state index is -3.88. The molecule has 0 aromatic heterocycles. The summed E-state index contributed by atoms with van der Waals surface area (Å²) in [4.78, 5) is 12.1. The van der Waals surface area contributed by atoms with Crippen LogP contribution in [0.25, 0.3) is 0 Å². The van der Waals surface area contributed by atoms with Gasteiger partial charge in [-0.3, -0.25) is 4.79 Å². The molecule has 0 saturated heterocycles. The summed E-state index contributed by atoms with van der Waals surface area (Å²) < 4.78 is 32.4. The Hall–Kier alpha value is -2.34. The highest BCUT2D eigenvalue weighted by atomic mass is 32.2. The van der Waals surface area contributed by atoms with Gasteiger partial charge < -0.3 is 4.74 Å². The largest absolute Gasteiger partial charge is 0.493 e. The summed E-state index contributed by atoms with van der Waals surface area (Å²) in [5.41, 5.74) is 3.54. The molecule has 2 aromatic carbocycles. The van der Waals surface area contributed by atoms with Gasteiger partial charge in [0.1, 0.15) is 5.75 Å². The predicted molar refractivity (Wildman–Crippen MR) is 97.3 cm³/mol. The number of aryl methyl sites for hydroxylation is 4. The van der Waals surface area contributed by atoms with Gasteiger partial charge in [0.25, 0.3) is 10.0 Å². The van der Waals surface area contributed by atoms with Gasteiger partial charge in [-0.15, -0.1) is 0 Å².